The standard InChI is InChI=1S/C15H28ClNO2/c1-5-13(16)17-12-9-8-11(10-12)14(18)15(6-2,7-3)19-4/h11-13,17H,5-10H2,1-4H3/t11-,12-,13?/m0/s1. The molecule has 1 N–H and O–H groups in total. The number of alkyl halides is 1. The van der Waals surface area contributed by atoms with Crippen LogP contribution in [0.4, 0.5) is 0 Å². The maximum absolute atomic E-state index is 12.7. The predicted octanol–water partition coefficient (Wildman–Crippen LogP) is 3.49. The van der Waals surface area contributed by atoms with Crippen LogP contribution in [0.5, 0.6) is 0 Å². The van der Waals surface area contributed by atoms with Crippen LogP contribution in [-0.2, 0) is 9.53 Å². The van der Waals surface area contributed by atoms with Crippen LogP contribution in [0.2, 0.25) is 0 Å². The number of carbonyl (C=O) groups is 1. The molecule has 3 atom stereocenters. The summed E-state index contributed by atoms with van der Waals surface area (Å²) in [6.07, 6.45) is 5.29. The molecule has 0 saturated heterocycles. The zero-order valence-electron chi connectivity index (χ0n) is 12.7. The summed E-state index contributed by atoms with van der Waals surface area (Å²) in [6, 6.07) is 0.375. The molecule has 1 aliphatic carbocycles. The molecule has 1 saturated carbocycles. The quantitative estimate of drug-likeness (QED) is 0.549. The lowest BCUT2D eigenvalue weighted by Crippen LogP contribution is -2.43. The molecule has 4 heteroatoms. The summed E-state index contributed by atoms with van der Waals surface area (Å²) in [5, 5.41) is 3.39. The van der Waals surface area contributed by atoms with Crippen LogP contribution in [0.25, 0.3) is 0 Å². The Morgan fingerprint density at radius 1 is 1.37 bits per heavy atom. The third-order valence-electron chi connectivity index (χ3n) is 4.56. The fraction of sp³-hybridized carbons (Fsp3) is 0.933. The minimum Gasteiger partial charge on any atom is -0.370 e. The number of methoxy groups -OCH3 is 1. The highest BCUT2D eigenvalue weighted by atomic mass is 35.5. The van der Waals surface area contributed by atoms with Gasteiger partial charge in [-0.05, 0) is 38.5 Å². The van der Waals surface area contributed by atoms with Crippen molar-refractivity contribution in [2.75, 3.05) is 7.11 Å². The topological polar surface area (TPSA) is 38.3 Å². The molecular weight excluding hydrogens is 262 g/mol. The number of ether oxygens (including phenoxy) is 1. The van der Waals surface area contributed by atoms with Crippen molar-refractivity contribution in [1.29, 1.82) is 0 Å². The number of rotatable bonds is 8. The van der Waals surface area contributed by atoms with Gasteiger partial charge in [0.25, 0.3) is 0 Å². The van der Waals surface area contributed by atoms with Crippen LogP contribution in [0, 0.1) is 5.92 Å². The lowest BCUT2D eigenvalue weighted by Gasteiger charge is -2.31. The highest BCUT2D eigenvalue weighted by Crippen LogP contribution is 2.34. The van der Waals surface area contributed by atoms with Crippen molar-refractivity contribution in [3.63, 3.8) is 0 Å². The van der Waals surface area contributed by atoms with Gasteiger partial charge in [-0.3, -0.25) is 10.1 Å². The van der Waals surface area contributed by atoms with Gasteiger partial charge in [-0.25, -0.2) is 0 Å². The molecule has 0 aromatic heterocycles. The van der Waals surface area contributed by atoms with Gasteiger partial charge in [-0.1, -0.05) is 20.8 Å². The second-order valence-corrected chi connectivity index (χ2v) is 6.05. The molecular formula is C15H28ClNO2. The van der Waals surface area contributed by atoms with E-state index in [1.807, 2.05) is 13.8 Å². The van der Waals surface area contributed by atoms with Gasteiger partial charge in [-0.2, -0.15) is 0 Å². The summed E-state index contributed by atoms with van der Waals surface area (Å²) in [4.78, 5) is 12.7. The van der Waals surface area contributed by atoms with Crippen molar-refractivity contribution in [3.05, 3.63) is 0 Å². The number of halogens is 1. The number of Topliss-reactive ketones (excluding diaryl/α,β-unsaturated/α-hetero) is 1. The summed E-state index contributed by atoms with van der Waals surface area (Å²) in [5.41, 5.74) is -0.562. The molecule has 0 bridgehead atoms. The van der Waals surface area contributed by atoms with Crippen LogP contribution in [0.1, 0.15) is 59.3 Å². The lowest BCUT2D eigenvalue weighted by atomic mass is 9.83. The van der Waals surface area contributed by atoms with E-state index >= 15 is 0 Å². The van der Waals surface area contributed by atoms with Crippen molar-refractivity contribution in [3.8, 4) is 0 Å². The van der Waals surface area contributed by atoms with E-state index in [-0.39, 0.29) is 17.2 Å². The molecule has 1 unspecified atom stereocenters. The number of carbonyl (C=O) groups excluding carboxylic acids is 1. The van der Waals surface area contributed by atoms with Crippen LogP contribution in [0.15, 0.2) is 0 Å². The van der Waals surface area contributed by atoms with Crippen molar-refractivity contribution in [2.24, 2.45) is 5.92 Å². The average Bonchev–Trinajstić information content (AvgIpc) is 2.89. The van der Waals surface area contributed by atoms with Gasteiger partial charge in [-0.15, -0.1) is 11.6 Å². The van der Waals surface area contributed by atoms with Gasteiger partial charge in [0.2, 0.25) is 0 Å². The Kier molecular flexibility index (Phi) is 6.78. The van der Waals surface area contributed by atoms with E-state index in [1.165, 1.54) is 0 Å². The Morgan fingerprint density at radius 3 is 2.47 bits per heavy atom. The zero-order valence-corrected chi connectivity index (χ0v) is 13.4. The van der Waals surface area contributed by atoms with Crippen LogP contribution in [0.3, 0.4) is 0 Å². The first-order chi connectivity index (χ1) is 9.02. The maximum atomic E-state index is 12.7. The summed E-state index contributed by atoms with van der Waals surface area (Å²) in [6.45, 7) is 6.12. The molecule has 0 amide bonds. The molecule has 0 aliphatic heterocycles. The molecule has 0 aromatic rings. The van der Waals surface area contributed by atoms with E-state index in [0.717, 1.165) is 38.5 Å². The van der Waals surface area contributed by atoms with Crippen molar-refractivity contribution in [1.82, 2.24) is 5.32 Å². The van der Waals surface area contributed by atoms with Crippen LogP contribution in [-0.4, -0.2) is 30.0 Å². The first-order valence-electron chi connectivity index (χ1n) is 7.52. The highest BCUT2D eigenvalue weighted by molar-refractivity contribution is 6.20. The Balaban J connectivity index is 2.60. The minimum atomic E-state index is -0.579. The van der Waals surface area contributed by atoms with Crippen molar-refractivity contribution < 1.29 is 9.53 Å². The number of ketones is 1. The first-order valence-corrected chi connectivity index (χ1v) is 7.96. The predicted molar refractivity (Wildman–Crippen MR) is 79.5 cm³/mol. The molecule has 112 valence electrons. The van der Waals surface area contributed by atoms with Gasteiger partial charge in [0.05, 0.1) is 5.50 Å². The fourth-order valence-corrected chi connectivity index (χ4v) is 3.28. The van der Waals surface area contributed by atoms with Crippen LogP contribution < -0.4 is 5.32 Å². The van der Waals surface area contributed by atoms with E-state index in [4.69, 9.17) is 16.3 Å². The van der Waals surface area contributed by atoms with E-state index < -0.39 is 5.60 Å². The summed E-state index contributed by atoms with van der Waals surface area (Å²) < 4.78 is 5.55. The molecule has 0 radical (unpaired) electrons. The third kappa shape index (κ3) is 3.93. The Hall–Kier alpha value is -0.120. The SMILES string of the molecule is CCC(Cl)N[C@H]1CC[C@H](C(=O)C(CC)(CC)OC)C1. The summed E-state index contributed by atoms with van der Waals surface area (Å²) >= 11 is 6.12. The van der Waals surface area contributed by atoms with Crippen LogP contribution >= 0.6 is 11.6 Å². The van der Waals surface area contributed by atoms with Gasteiger partial charge in [0.1, 0.15) is 5.60 Å². The van der Waals surface area contributed by atoms with E-state index in [9.17, 15) is 4.79 Å². The second-order valence-electron chi connectivity index (χ2n) is 5.52. The largest absolute Gasteiger partial charge is 0.370 e. The van der Waals surface area contributed by atoms with Crippen molar-refractivity contribution >= 4 is 17.4 Å². The normalized spacial score (nSPS) is 25.5. The summed E-state index contributed by atoms with van der Waals surface area (Å²) in [7, 11) is 1.65. The Morgan fingerprint density at radius 2 is 2.00 bits per heavy atom. The molecule has 0 heterocycles. The monoisotopic (exact) mass is 289 g/mol. The second kappa shape index (κ2) is 7.61. The number of nitrogens with one attached hydrogen (secondary N) is 1. The molecule has 1 rings (SSSR count). The maximum Gasteiger partial charge on any atom is 0.167 e. The zero-order chi connectivity index (χ0) is 14.5. The van der Waals surface area contributed by atoms with Gasteiger partial charge >= 0.3 is 0 Å². The van der Waals surface area contributed by atoms with E-state index in [2.05, 4.69) is 12.2 Å². The highest BCUT2D eigenvalue weighted by Gasteiger charge is 2.42. The molecule has 0 aromatic carbocycles. The molecule has 3 nitrogen and oxygen atoms in total. The van der Waals surface area contributed by atoms with Gasteiger partial charge in [0, 0.05) is 19.1 Å². The minimum absolute atomic E-state index is 0.0170. The molecule has 0 spiro atoms. The third-order valence-corrected chi connectivity index (χ3v) is 5.00. The van der Waals surface area contributed by atoms with Gasteiger partial charge in [0.15, 0.2) is 5.78 Å². The lowest BCUT2D eigenvalue weighted by molar-refractivity contribution is -0.146. The smallest absolute Gasteiger partial charge is 0.167 e. The Bertz CT molecular complexity index is 284. The van der Waals surface area contributed by atoms with Crippen molar-refractivity contribution in [2.45, 2.75) is 76.4 Å². The fourth-order valence-electron chi connectivity index (χ4n) is 3.10. The molecule has 19 heavy (non-hydrogen) atoms. The van der Waals surface area contributed by atoms with Gasteiger partial charge < -0.3 is 4.74 Å². The molecule has 1 aliphatic rings. The van der Waals surface area contributed by atoms with E-state index in [1.54, 1.807) is 7.11 Å². The van der Waals surface area contributed by atoms with E-state index in [0.29, 0.717) is 6.04 Å². The first kappa shape index (κ1) is 16.9. The average molecular weight is 290 g/mol. The number of hydrogen-bond acceptors (Lipinski definition) is 3. The molecule has 1 fully saturated rings. The summed E-state index contributed by atoms with van der Waals surface area (Å²) in [5.74, 6) is 0.407. The number of hydrogen-bond donors (Lipinski definition) is 1. The Labute approximate surface area is 122 Å².